The number of carbonyl (C=O) groups is 1. The van der Waals surface area contributed by atoms with Crippen LogP contribution in [0.4, 0.5) is 5.69 Å². The smallest absolute Gasteiger partial charge is 0.227 e. The van der Waals surface area contributed by atoms with Crippen molar-refractivity contribution in [2.24, 2.45) is 5.92 Å². The van der Waals surface area contributed by atoms with E-state index >= 15 is 0 Å². The van der Waals surface area contributed by atoms with Crippen LogP contribution in [-0.2, 0) is 11.3 Å². The van der Waals surface area contributed by atoms with Gasteiger partial charge in [-0.05, 0) is 48.7 Å². The number of imidazole rings is 1. The van der Waals surface area contributed by atoms with Crippen LogP contribution in [0.2, 0.25) is 5.02 Å². The summed E-state index contributed by atoms with van der Waals surface area (Å²) in [5.41, 5.74) is 3.07. The van der Waals surface area contributed by atoms with Gasteiger partial charge in [0.05, 0.1) is 11.0 Å². The van der Waals surface area contributed by atoms with E-state index in [0.717, 1.165) is 35.5 Å². The molecule has 0 N–H and O–H groups in total. The number of carbonyl (C=O) groups excluding carboxylic acids is 1. The fourth-order valence-electron chi connectivity index (χ4n) is 3.78. The SMILES string of the molecule is CC(C)CCn1c(C2CC(=O)N(c3ccc(Cl)cc3)C2)nc2ccccc21. The first-order chi connectivity index (χ1) is 13.0. The quantitative estimate of drug-likeness (QED) is 0.604. The molecular weight excluding hydrogens is 358 g/mol. The Morgan fingerprint density at radius 2 is 1.89 bits per heavy atom. The molecule has 0 saturated carbocycles. The minimum absolute atomic E-state index is 0.104. The molecule has 140 valence electrons. The van der Waals surface area contributed by atoms with Gasteiger partial charge in [-0.15, -0.1) is 0 Å². The van der Waals surface area contributed by atoms with Crippen LogP contribution in [0.25, 0.3) is 11.0 Å². The Morgan fingerprint density at radius 3 is 2.63 bits per heavy atom. The summed E-state index contributed by atoms with van der Waals surface area (Å²) >= 11 is 5.99. The van der Waals surface area contributed by atoms with Gasteiger partial charge in [-0.2, -0.15) is 0 Å². The van der Waals surface area contributed by atoms with Crippen molar-refractivity contribution in [2.75, 3.05) is 11.4 Å². The molecule has 3 aromatic rings. The third-order valence-corrected chi connectivity index (χ3v) is 5.49. The molecule has 1 fully saturated rings. The van der Waals surface area contributed by atoms with Gasteiger partial charge in [0.25, 0.3) is 0 Å². The van der Waals surface area contributed by atoms with Crippen LogP contribution in [-0.4, -0.2) is 22.0 Å². The molecule has 1 saturated heterocycles. The van der Waals surface area contributed by atoms with E-state index in [1.807, 2.05) is 35.2 Å². The van der Waals surface area contributed by atoms with E-state index in [9.17, 15) is 4.79 Å². The molecule has 0 bridgehead atoms. The topological polar surface area (TPSA) is 38.1 Å². The number of nitrogens with zero attached hydrogens (tertiary/aromatic N) is 3. The number of anilines is 1. The molecule has 2 aromatic carbocycles. The third-order valence-electron chi connectivity index (χ3n) is 5.24. The molecule has 0 spiro atoms. The van der Waals surface area contributed by atoms with Crippen molar-refractivity contribution in [1.82, 2.24) is 9.55 Å². The van der Waals surface area contributed by atoms with E-state index in [-0.39, 0.29) is 11.8 Å². The van der Waals surface area contributed by atoms with Gasteiger partial charge < -0.3 is 9.47 Å². The zero-order valence-electron chi connectivity index (χ0n) is 15.7. The fourth-order valence-corrected chi connectivity index (χ4v) is 3.91. The summed E-state index contributed by atoms with van der Waals surface area (Å²) in [4.78, 5) is 19.5. The molecule has 1 amide bonds. The molecule has 0 aliphatic carbocycles. The molecule has 5 heteroatoms. The molecule has 1 aliphatic heterocycles. The summed E-state index contributed by atoms with van der Waals surface area (Å²) in [5.74, 6) is 1.90. The summed E-state index contributed by atoms with van der Waals surface area (Å²) in [6.07, 6.45) is 1.59. The van der Waals surface area contributed by atoms with E-state index < -0.39 is 0 Å². The van der Waals surface area contributed by atoms with E-state index in [0.29, 0.717) is 23.9 Å². The average molecular weight is 382 g/mol. The number of aryl methyl sites for hydroxylation is 1. The summed E-state index contributed by atoms with van der Waals surface area (Å²) in [7, 11) is 0. The molecule has 27 heavy (non-hydrogen) atoms. The maximum atomic E-state index is 12.7. The zero-order chi connectivity index (χ0) is 19.0. The second kappa shape index (κ2) is 7.35. The highest BCUT2D eigenvalue weighted by atomic mass is 35.5. The standard InChI is InChI=1S/C22H24ClN3O/c1-15(2)11-12-25-20-6-4-3-5-19(20)24-22(25)16-13-21(27)26(14-16)18-9-7-17(23)8-10-18/h3-10,15-16H,11-14H2,1-2H3. The van der Waals surface area contributed by atoms with Crippen molar-refractivity contribution >= 4 is 34.2 Å². The average Bonchev–Trinajstić information content (AvgIpc) is 3.21. The van der Waals surface area contributed by atoms with Crippen LogP contribution in [0.5, 0.6) is 0 Å². The van der Waals surface area contributed by atoms with Gasteiger partial charge >= 0.3 is 0 Å². The first kappa shape index (κ1) is 18.1. The van der Waals surface area contributed by atoms with Gasteiger partial charge in [-0.3, -0.25) is 4.79 Å². The monoisotopic (exact) mass is 381 g/mol. The highest BCUT2D eigenvalue weighted by molar-refractivity contribution is 6.30. The van der Waals surface area contributed by atoms with E-state index in [2.05, 4.69) is 36.6 Å². The summed E-state index contributed by atoms with van der Waals surface area (Å²) in [6.45, 7) is 6.06. The predicted molar refractivity (Wildman–Crippen MR) is 110 cm³/mol. The molecule has 0 radical (unpaired) electrons. The molecule has 1 aliphatic rings. The van der Waals surface area contributed by atoms with Crippen molar-refractivity contribution in [3.63, 3.8) is 0 Å². The molecule has 4 rings (SSSR count). The van der Waals surface area contributed by atoms with Crippen LogP contribution in [0.15, 0.2) is 48.5 Å². The van der Waals surface area contributed by atoms with Crippen LogP contribution in [0, 0.1) is 5.92 Å². The summed E-state index contributed by atoms with van der Waals surface area (Å²) in [6, 6.07) is 15.7. The van der Waals surface area contributed by atoms with Gasteiger partial charge in [-0.1, -0.05) is 37.6 Å². The Bertz CT molecular complexity index is 961. The second-order valence-corrected chi connectivity index (χ2v) is 8.11. The van der Waals surface area contributed by atoms with E-state index in [1.165, 1.54) is 0 Å². The van der Waals surface area contributed by atoms with Crippen molar-refractivity contribution in [3.8, 4) is 0 Å². The lowest BCUT2D eigenvalue weighted by Crippen LogP contribution is -2.24. The maximum Gasteiger partial charge on any atom is 0.227 e. The van der Waals surface area contributed by atoms with Crippen LogP contribution < -0.4 is 4.90 Å². The first-order valence-electron chi connectivity index (χ1n) is 9.54. The van der Waals surface area contributed by atoms with E-state index in [4.69, 9.17) is 16.6 Å². The maximum absolute atomic E-state index is 12.7. The lowest BCUT2D eigenvalue weighted by molar-refractivity contribution is -0.117. The highest BCUT2D eigenvalue weighted by Crippen LogP contribution is 2.33. The number of hydrogen-bond donors (Lipinski definition) is 0. The lowest BCUT2D eigenvalue weighted by Gasteiger charge is -2.18. The van der Waals surface area contributed by atoms with Crippen LogP contribution in [0.1, 0.15) is 38.4 Å². The molecule has 1 atom stereocenters. The number of rotatable bonds is 5. The van der Waals surface area contributed by atoms with Crippen molar-refractivity contribution in [2.45, 2.75) is 39.2 Å². The molecule has 1 aromatic heterocycles. The zero-order valence-corrected chi connectivity index (χ0v) is 16.5. The number of aromatic nitrogens is 2. The third kappa shape index (κ3) is 3.59. The normalized spacial score (nSPS) is 17.4. The van der Waals surface area contributed by atoms with Gasteiger partial charge in [0.2, 0.25) is 5.91 Å². The Labute approximate surface area is 164 Å². The number of halogens is 1. The predicted octanol–water partition coefficient (Wildman–Crippen LogP) is 5.26. The minimum atomic E-state index is 0.104. The van der Waals surface area contributed by atoms with Gasteiger partial charge in [0.15, 0.2) is 0 Å². The Balaban J connectivity index is 1.66. The molecular formula is C22H24ClN3O. The molecule has 1 unspecified atom stereocenters. The van der Waals surface area contributed by atoms with Gasteiger partial charge in [0, 0.05) is 36.1 Å². The number of amides is 1. The summed E-state index contributed by atoms with van der Waals surface area (Å²) < 4.78 is 2.32. The Morgan fingerprint density at radius 1 is 1.15 bits per heavy atom. The highest BCUT2D eigenvalue weighted by Gasteiger charge is 2.34. The number of fused-ring (bicyclic) bond motifs is 1. The van der Waals surface area contributed by atoms with Gasteiger partial charge in [-0.25, -0.2) is 4.98 Å². The lowest BCUT2D eigenvalue weighted by atomic mass is 10.1. The van der Waals surface area contributed by atoms with Gasteiger partial charge in [0.1, 0.15) is 5.82 Å². The summed E-state index contributed by atoms with van der Waals surface area (Å²) in [5, 5.41) is 0.678. The minimum Gasteiger partial charge on any atom is -0.328 e. The van der Waals surface area contributed by atoms with Crippen LogP contribution >= 0.6 is 11.6 Å². The van der Waals surface area contributed by atoms with Crippen LogP contribution in [0.3, 0.4) is 0 Å². The Kier molecular flexibility index (Phi) is 4.92. The number of benzene rings is 2. The van der Waals surface area contributed by atoms with Crippen molar-refractivity contribution in [1.29, 1.82) is 0 Å². The second-order valence-electron chi connectivity index (χ2n) is 7.67. The molecule has 4 nitrogen and oxygen atoms in total. The number of para-hydroxylation sites is 2. The Hall–Kier alpha value is -2.33. The largest absolute Gasteiger partial charge is 0.328 e. The number of hydrogen-bond acceptors (Lipinski definition) is 2. The first-order valence-corrected chi connectivity index (χ1v) is 9.92. The fraction of sp³-hybridized carbons (Fsp3) is 0.364. The van der Waals surface area contributed by atoms with Crippen molar-refractivity contribution in [3.05, 3.63) is 59.4 Å². The van der Waals surface area contributed by atoms with E-state index in [1.54, 1.807) is 0 Å². The van der Waals surface area contributed by atoms with Crippen molar-refractivity contribution < 1.29 is 4.79 Å². The molecule has 2 heterocycles.